The molecule has 0 aliphatic carbocycles. The maximum atomic E-state index is 13.4. The molecule has 202 valence electrons. The zero-order chi connectivity index (χ0) is 27.6. The van der Waals surface area contributed by atoms with Gasteiger partial charge in [-0.25, -0.2) is 14.6 Å². The summed E-state index contributed by atoms with van der Waals surface area (Å²) in [7, 11) is 1.56. The lowest BCUT2D eigenvalue weighted by atomic mass is 9.73. The van der Waals surface area contributed by atoms with Gasteiger partial charge in [0.15, 0.2) is 0 Å². The van der Waals surface area contributed by atoms with E-state index in [4.69, 9.17) is 14.2 Å². The molecular weight excluding hydrogens is 484 g/mol. The number of para-hydroxylation sites is 1. The molecule has 1 fully saturated rings. The standard InChI is InChI=1S/C30H36N2O6/c1-18(2)38-29(35)32-24(19-12-8-7-9-13-19)26(23(30(3,4)5)25(32)28(33)34)37-17-21-16-20-14-10-11-15-22(20)31-27(21)36-6/h7-16,18,23-26H,17H2,1-6H3,(H,33,34)/t23-,24+,25+,26+/m1/s1. The van der Waals surface area contributed by atoms with E-state index in [1.165, 1.54) is 4.90 Å². The molecule has 0 spiro atoms. The van der Waals surface area contributed by atoms with Crippen molar-refractivity contribution in [1.29, 1.82) is 0 Å². The van der Waals surface area contributed by atoms with Crippen molar-refractivity contribution in [2.24, 2.45) is 11.3 Å². The summed E-state index contributed by atoms with van der Waals surface area (Å²) in [6.45, 7) is 9.54. The molecule has 0 saturated carbocycles. The molecule has 3 aromatic rings. The molecular formula is C30H36N2O6. The number of aromatic nitrogens is 1. The Morgan fingerprint density at radius 2 is 1.71 bits per heavy atom. The summed E-state index contributed by atoms with van der Waals surface area (Å²) in [6.07, 6.45) is -1.73. The minimum Gasteiger partial charge on any atom is -0.481 e. The summed E-state index contributed by atoms with van der Waals surface area (Å²) in [5.74, 6) is -1.19. The number of aliphatic carboxylic acids is 1. The average Bonchev–Trinajstić information content (AvgIpc) is 3.23. The third-order valence-electron chi connectivity index (χ3n) is 6.93. The lowest BCUT2D eigenvalue weighted by molar-refractivity contribution is -0.145. The van der Waals surface area contributed by atoms with Gasteiger partial charge >= 0.3 is 12.1 Å². The summed E-state index contributed by atoms with van der Waals surface area (Å²) in [5, 5.41) is 11.4. The molecule has 0 bridgehead atoms. The Morgan fingerprint density at radius 3 is 2.32 bits per heavy atom. The van der Waals surface area contributed by atoms with Gasteiger partial charge in [-0.15, -0.1) is 0 Å². The lowest BCUT2D eigenvalue weighted by Crippen LogP contribution is -2.47. The first-order valence-electron chi connectivity index (χ1n) is 12.8. The molecule has 38 heavy (non-hydrogen) atoms. The molecule has 4 atom stereocenters. The second-order valence-electron chi connectivity index (χ2n) is 11.0. The van der Waals surface area contributed by atoms with Crippen LogP contribution in [0.3, 0.4) is 0 Å². The second kappa shape index (κ2) is 11.0. The number of nitrogens with zero attached hydrogens (tertiary/aromatic N) is 2. The number of carboxylic acids is 1. The highest BCUT2D eigenvalue weighted by molar-refractivity contribution is 5.82. The molecule has 0 radical (unpaired) electrons. The fourth-order valence-corrected chi connectivity index (χ4v) is 5.41. The minimum absolute atomic E-state index is 0.126. The molecule has 1 saturated heterocycles. The summed E-state index contributed by atoms with van der Waals surface area (Å²) < 4.78 is 17.7. The molecule has 1 aliphatic heterocycles. The molecule has 8 nitrogen and oxygen atoms in total. The monoisotopic (exact) mass is 520 g/mol. The molecule has 4 rings (SSSR count). The van der Waals surface area contributed by atoms with Crippen LogP contribution in [0.15, 0.2) is 60.7 Å². The van der Waals surface area contributed by atoms with Gasteiger partial charge in [0.05, 0.1) is 37.5 Å². The maximum absolute atomic E-state index is 13.4. The van der Waals surface area contributed by atoms with Crippen LogP contribution in [0.25, 0.3) is 10.9 Å². The van der Waals surface area contributed by atoms with E-state index in [1.54, 1.807) is 21.0 Å². The highest BCUT2D eigenvalue weighted by Crippen LogP contribution is 2.50. The van der Waals surface area contributed by atoms with Gasteiger partial charge in [0, 0.05) is 16.9 Å². The zero-order valence-corrected chi connectivity index (χ0v) is 22.8. The Labute approximate surface area is 223 Å². The number of rotatable bonds is 7. The fourth-order valence-electron chi connectivity index (χ4n) is 5.41. The largest absolute Gasteiger partial charge is 0.481 e. The van der Waals surface area contributed by atoms with E-state index in [2.05, 4.69) is 4.98 Å². The van der Waals surface area contributed by atoms with Crippen molar-refractivity contribution in [3.63, 3.8) is 0 Å². The number of hydrogen-bond acceptors (Lipinski definition) is 6. The Balaban J connectivity index is 1.81. The predicted octanol–water partition coefficient (Wildman–Crippen LogP) is 5.85. The minimum atomic E-state index is -1.15. The first-order valence-corrected chi connectivity index (χ1v) is 12.8. The van der Waals surface area contributed by atoms with Crippen LogP contribution in [-0.4, -0.2) is 52.4 Å². The number of ether oxygens (including phenoxy) is 3. The van der Waals surface area contributed by atoms with Gasteiger partial charge in [0.2, 0.25) is 5.88 Å². The number of carboxylic acid groups (broad SMARTS) is 1. The van der Waals surface area contributed by atoms with E-state index in [0.29, 0.717) is 5.88 Å². The summed E-state index contributed by atoms with van der Waals surface area (Å²) in [5.41, 5.74) is 1.80. The second-order valence-corrected chi connectivity index (χ2v) is 11.0. The van der Waals surface area contributed by atoms with Crippen molar-refractivity contribution in [2.45, 2.75) is 65.5 Å². The molecule has 1 amide bonds. The van der Waals surface area contributed by atoms with Crippen molar-refractivity contribution in [3.8, 4) is 5.88 Å². The lowest BCUT2D eigenvalue weighted by Gasteiger charge is -2.34. The van der Waals surface area contributed by atoms with Gasteiger partial charge in [-0.3, -0.25) is 4.90 Å². The van der Waals surface area contributed by atoms with Gasteiger partial charge in [-0.2, -0.15) is 0 Å². The molecule has 1 N–H and O–H groups in total. The Hall–Kier alpha value is -3.65. The number of methoxy groups -OCH3 is 1. The third kappa shape index (κ3) is 5.45. The molecule has 1 aliphatic rings. The first-order chi connectivity index (χ1) is 18.0. The van der Waals surface area contributed by atoms with Crippen LogP contribution in [0.5, 0.6) is 5.88 Å². The van der Waals surface area contributed by atoms with Gasteiger partial charge in [0.25, 0.3) is 0 Å². The number of benzene rings is 2. The van der Waals surface area contributed by atoms with E-state index in [0.717, 1.165) is 22.0 Å². The van der Waals surface area contributed by atoms with Crippen molar-refractivity contribution in [1.82, 2.24) is 9.88 Å². The molecule has 1 aromatic heterocycles. The van der Waals surface area contributed by atoms with Crippen molar-refractivity contribution in [2.75, 3.05) is 7.11 Å². The van der Waals surface area contributed by atoms with Gasteiger partial charge in [0.1, 0.15) is 6.04 Å². The number of amides is 1. The topological polar surface area (TPSA) is 98.2 Å². The van der Waals surface area contributed by atoms with E-state index >= 15 is 0 Å². The first kappa shape index (κ1) is 27.4. The number of pyridine rings is 1. The van der Waals surface area contributed by atoms with E-state index < -0.39 is 47.7 Å². The van der Waals surface area contributed by atoms with Crippen LogP contribution >= 0.6 is 0 Å². The number of carbonyl (C=O) groups excluding carboxylic acids is 1. The van der Waals surface area contributed by atoms with Crippen LogP contribution in [-0.2, 0) is 20.9 Å². The molecule has 8 heteroatoms. The number of hydrogen-bond donors (Lipinski definition) is 1. The Kier molecular flexibility index (Phi) is 7.92. The molecule has 0 unspecified atom stereocenters. The van der Waals surface area contributed by atoms with Crippen molar-refractivity contribution < 1.29 is 28.9 Å². The normalized spacial score (nSPS) is 21.6. The smallest absolute Gasteiger partial charge is 0.411 e. The SMILES string of the molecule is COc1nc2ccccc2cc1CO[C@H]1[C@H](C(C)(C)C)[C@@H](C(=O)O)N(C(=O)OC(C)C)[C@H]1c1ccccc1. The van der Waals surface area contributed by atoms with E-state index in [1.807, 2.05) is 81.4 Å². The van der Waals surface area contributed by atoms with Crippen LogP contribution in [0.4, 0.5) is 4.79 Å². The fraction of sp³-hybridized carbons (Fsp3) is 0.433. The highest BCUT2D eigenvalue weighted by atomic mass is 16.6. The quantitative estimate of drug-likeness (QED) is 0.417. The van der Waals surface area contributed by atoms with Crippen LogP contribution in [0.1, 0.15) is 51.8 Å². The van der Waals surface area contributed by atoms with E-state index in [-0.39, 0.29) is 6.61 Å². The third-order valence-corrected chi connectivity index (χ3v) is 6.93. The van der Waals surface area contributed by atoms with Gasteiger partial charge in [-0.1, -0.05) is 69.3 Å². The molecule has 2 aromatic carbocycles. The molecule has 2 heterocycles. The number of likely N-dealkylation sites (tertiary alicyclic amines) is 1. The zero-order valence-electron chi connectivity index (χ0n) is 22.8. The summed E-state index contributed by atoms with van der Waals surface area (Å²) >= 11 is 0. The summed E-state index contributed by atoms with van der Waals surface area (Å²) in [6, 6.07) is 17.3. The van der Waals surface area contributed by atoms with E-state index in [9.17, 15) is 14.7 Å². The maximum Gasteiger partial charge on any atom is 0.411 e. The predicted molar refractivity (Wildman–Crippen MR) is 144 cm³/mol. The van der Waals surface area contributed by atoms with Crippen molar-refractivity contribution in [3.05, 3.63) is 71.8 Å². The van der Waals surface area contributed by atoms with Gasteiger partial charge in [-0.05, 0) is 37.0 Å². The van der Waals surface area contributed by atoms with Gasteiger partial charge < -0.3 is 19.3 Å². The van der Waals surface area contributed by atoms with Crippen molar-refractivity contribution >= 4 is 23.0 Å². The average molecular weight is 521 g/mol. The Bertz CT molecular complexity index is 1290. The number of fused-ring (bicyclic) bond motifs is 1. The number of carbonyl (C=O) groups is 2. The highest BCUT2D eigenvalue weighted by Gasteiger charge is 2.59. The van der Waals surface area contributed by atoms with Crippen LogP contribution in [0, 0.1) is 11.3 Å². The van der Waals surface area contributed by atoms with Crippen LogP contribution < -0.4 is 4.74 Å². The van der Waals surface area contributed by atoms with Crippen LogP contribution in [0.2, 0.25) is 0 Å². The Morgan fingerprint density at radius 1 is 1.05 bits per heavy atom. The summed E-state index contributed by atoms with van der Waals surface area (Å²) in [4.78, 5) is 32.2.